The van der Waals surface area contributed by atoms with Gasteiger partial charge in [-0.15, -0.1) is 11.3 Å². The fourth-order valence-corrected chi connectivity index (χ4v) is 4.58. The lowest BCUT2D eigenvalue weighted by atomic mass is 10.2. The van der Waals surface area contributed by atoms with Crippen LogP contribution in [0.4, 0.5) is 10.8 Å². The zero-order valence-electron chi connectivity index (χ0n) is 15.1. The van der Waals surface area contributed by atoms with Crippen molar-refractivity contribution in [2.24, 2.45) is 0 Å². The molecular formula is C18H14Cl2N4O4S2. The second kappa shape index (κ2) is 9.43. The fourth-order valence-electron chi connectivity index (χ4n) is 2.30. The van der Waals surface area contributed by atoms with Gasteiger partial charge in [0.25, 0.3) is 15.9 Å². The number of nitrogens with one attached hydrogen (secondary N) is 3. The Bertz CT molecular complexity index is 1170. The molecule has 0 atom stereocenters. The fraction of sp³-hybridized carbons (Fsp3) is 0.0556. The lowest BCUT2D eigenvalue weighted by Gasteiger charge is -2.09. The number of sulfonamides is 1. The zero-order valence-corrected chi connectivity index (χ0v) is 18.2. The number of rotatable bonds is 7. The van der Waals surface area contributed by atoms with Gasteiger partial charge in [-0.25, -0.2) is 13.4 Å². The summed E-state index contributed by atoms with van der Waals surface area (Å²) < 4.78 is 26.9. The van der Waals surface area contributed by atoms with Crippen molar-refractivity contribution < 1.29 is 18.0 Å². The van der Waals surface area contributed by atoms with Crippen LogP contribution in [-0.4, -0.2) is 31.8 Å². The van der Waals surface area contributed by atoms with E-state index in [1.54, 1.807) is 5.38 Å². The van der Waals surface area contributed by atoms with Gasteiger partial charge in [-0.1, -0.05) is 23.2 Å². The molecule has 3 N–H and O–H groups in total. The molecule has 3 aromatic rings. The third-order valence-corrected chi connectivity index (χ3v) is 6.41. The summed E-state index contributed by atoms with van der Waals surface area (Å²) in [6.45, 7) is -0.302. The van der Waals surface area contributed by atoms with Crippen LogP contribution < -0.4 is 15.4 Å². The van der Waals surface area contributed by atoms with E-state index in [4.69, 9.17) is 23.2 Å². The highest BCUT2D eigenvalue weighted by Gasteiger charge is 2.16. The van der Waals surface area contributed by atoms with E-state index in [1.165, 1.54) is 48.7 Å². The lowest BCUT2D eigenvalue weighted by Crippen LogP contribution is -2.33. The summed E-state index contributed by atoms with van der Waals surface area (Å²) in [7, 11) is -3.78. The molecule has 0 spiro atoms. The van der Waals surface area contributed by atoms with Crippen LogP contribution in [0, 0.1) is 0 Å². The maximum absolute atomic E-state index is 12.3. The van der Waals surface area contributed by atoms with E-state index in [0.717, 1.165) is 11.3 Å². The molecule has 0 aliphatic heterocycles. The summed E-state index contributed by atoms with van der Waals surface area (Å²) in [4.78, 5) is 28.1. The highest BCUT2D eigenvalue weighted by Crippen LogP contribution is 2.21. The van der Waals surface area contributed by atoms with Crippen LogP contribution in [0.3, 0.4) is 0 Å². The van der Waals surface area contributed by atoms with Crippen molar-refractivity contribution in [2.45, 2.75) is 4.90 Å². The van der Waals surface area contributed by atoms with E-state index < -0.39 is 21.8 Å². The van der Waals surface area contributed by atoms with Gasteiger partial charge in [0.05, 0.1) is 22.0 Å². The molecule has 1 heterocycles. The molecule has 0 unspecified atom stereocenters. The maximum atomic E-state index is 12.3. The first-order valence-corrected chi connectivity index (χ1v) is 11.4. The summed E-state index contributed by atoms with van der Waals surface area (Å²) in [5.41, 5.74) is 0.558. The zero-order chi connectivity index (χ0) is 21.7. The van der Waals surface area contributed by atoms with Crippen LogP contribution in [0.25, 0.3) is 0 Å². The normalized spacial score (nSPS) is 11.0. The number of carbonyl (C=O) groups excluding carboxylic acids is 2. The lowest BCUT2D eigenvalue weighted by molar-refractivity contribution is -0.115. The summed E-state index contributed by atoms with van der Waals surface area (Å²) in [6, 6.07) is 9.96. The van der Waals surface area contributed by atoms with Gasteiger partial charge in [0.15, 0.2) is 5.13 Å². The predicted octanol–water partition coefficient (Wildman–Crippen LogP) is 3.62. The molecule has 8 nitrogen and oxygen atoms in total. The third kappa shape index (κ3) is 5.70. The molecule has 156 valence electrons. The smallest absolute Gasteiger partial charge is 0.263 e. The molecule has 0 fully saturated rings. The van der Waals surface area contributed by atoms with E-state index >= 15 is 0 Å². The number of nitrogens with zero attached hydrogens (tertiary/aromatic N) is 1. The number of aromatic nitrogens is 1. The Hall–Kier alpha value is -2.66. The SMILES string of the molecule is O=C(CNC(=O)c1ccc(Cl)cc1Cl)Nc1ccc(S(=O)(=O)Nc2nccs2)cc1. The van der Waals surface area contributed by atoms with E-state index in [-0.39, 0.29) is 27.2 Å². The molecule has 0 saturated heterocycles. The number of carbonyl (C=O) groups is 2. The van der Waals surface area contributed by atoms with Crippen molar-refractivity contribution in [1.82, 2.24) is 10.3 Å². The van der Waals surface area contributed by atoms with Crippen LogP contribution in [-0.2, 0) is 14.8 Å². The van der Waals surface area contributed by atoms with Gasteiger partial charge in [-0.2, -0.15) is 0 Å². The Morgan fingerprint density at radius 2 is 1.80 bits per heavy atom. The largest absolute Gasteiger partial charge is 0.343 e. The number of halogens is 2. The Morgan fingerprint density at radius 3 is 2.43 bits per heavy atom. The number of hydrogen-bond acceptors (Lipinski definition) is 6. The Balaban J connectivity index is 1.56. The molecule has 0 aliphatic rings. The van der Waals surface area contributed by atoms with E-state index in [2.05, 4.69) is 20.3 Å². The average molecular weight is 485 g/mol. The van der Waals surface area contributed by atoms with E-state index in [0.29, 0.717) is 10.7 Å². The van der Waals surface area contributed by atoms with Crippen LogP contribution in [0.1, 0.15) is 10.4 Å². The third-order valence-electron chi connectivity index (χ3n) is 3.69. The molecule has 12 heteroatoms. The van der Waals surface area contributed by atoms with Crippen molar-refractivity contribution in [3.8, 4) is 0 Å². The minimum atomic E-state index is -3.78. The van der Waals surface area contributed by atoms with Gasteiger partial charge >= 0.3 is 0 Å². The summed E-state index contributed by atoms with van der Waals surface area (Å²) >= 11 is 12.9. The first kappa shape index (κ1) is 22.0. The molecule has 0 aliphatic carbocycles. The molecule has 2 aromatic carbocycles. The molecule has 0 saturated carbocycles. The van der Waals surface area contributed by atoms with Crippen LogP contribution >= 0.6 is 34.5 Å². The predicted molar refractivity (Wildman–Crippen MR) is 117 cm³/mol. The number of thiazole rings is 1. The minimum Gasteiger partial charge on any atom is -0.343 e. The first-order chi connectivity index (χ1) is 14.2. The average Bonchev–Trinajstić information content (AvgIpc) is 3.19. The van der Waals surface area contributed by atoms with Gasteiger partial charge in [-0.05, 0) is 42.5 Å². The highest BCUT2D eigenvalue weighted by atomic mass is 35.5. The van der Waals surface area contributed by atoms with E-state index in [9.17, 15) is 18.0 Å². The Morgan fingerprint density at radius 1 is 1.07 bits per heavy atom. The number of anilines is 2. The quantitative estimate of drug-likeness (QED) is 0.473. The van der Waals surface area contributed by atoms with Crippen molar-refractivity contribution in [2.75, 3.05) is 16.6 Å². The Labute approximate surface area is 186 Å². The molecule has 30 heavy (non-hydrogen) atoms. The number of hydrogen-bond donors (Lipinski definition) is 3. The van der Waals surface area contributed by atoms with Crippen molar-refractivity contribution in [3.05, 3.63) is 69.7 Å². The van der Waals surface area contributed by atoms with Crippen molar-refractivity contribution in [1.29, 1.82) is 0 Å². The van der Waals surface area contributed by atoms with Gasteiger partial charge in [0.2, 0.25) is 5.91 Å². The highest BCUT2D eigenvalue weighted by molar-refractivity contribution is 7.93. The summed E-state index contributed by atoms with van der Waals surface area (Å²) in [6.07, 6.45) is 1.49. The van der Waals surface area contributed by atoms with Gasteiger partial charge in [0.1, 0.15) is 0 Å². The monoisotopic (exact) mass is 484 g/mol. The van der Waals surface area contributed by atoms with Crippen LogP contribution in [0.5, 0.6) is 0 Å². The Kier molecular flexibility index (Phi) is 6.93. The number of benzene rings is 2. The van der Waals surface area contributed by atoms with Crippen LogP contribution in [0.2, 0.25) is 10.0 Å². The molecule has 1 aromatic heterocycles. The van der Waals surface area contributed by atoms with Gasteiger partial charge in [0, 0.05) is 22.3 Å². The summed E-state index contributed by atoms with van der Waals surface area (Å²) in [5, 5.41) is 7.48. The molecule has 3 rings (SSSR count). The second-order valence-corrected chi connectivity index (χ2v) is 9.24. The molecule has 0 radical (unpaired) electrons. The second-order valence-electron chi connectivity index (χ2n) is 5.82. The van der Waals surface area contributed by atoms with Crippen molar-refractivity contribution in [3.63, 3.8) is 0 Å². The van der Waals surface area contributed by atoms with Gasteiger partial charge < -0.3 is 10.6 Å². The first-order valence-electron chi connectivity index (χ1n) is 8.30. The van der Waals surface area contributed by atoms with E-state index in [1.807, 2.05) is 0 Å². The minimum absolute atomic E-state index is 0.0152. The number of amides is 2. The summed E-state index contributed by atoms with van der Waals surface area (Å²) in [5.74, 6) is -1.02. The molecule has 2 amide bonds. The van der Waals surface area contributed by atoms with Crippen LogP contribution in [0.15, 0.2) is 58.9 Å². The van der Waals surface area contributed by atoms with Gasteiger partial charge in [-0.3, -0.25) is 14.3 Å². The molecule has 0 bridgehead atoms. The van der Waals surface area contributed by atoms with Crippen molar-refractivity contribution >= 4 is 67.2 Å². The standard InChI is InChI=1S/C18H14Cl2N4O4S2/c19-11-1-6-14(15(20)9-11)17(26)22-10-16(25)23-12-2-4-13(5-3-12)30(27,28)24-18-21-7-8-29-18/h1-9H,10H2,(H,21,24)(H,22,26)(H,23,25). The maximum Gasteiger partial charge on any atom is 0.263 e. The molecular weight excluding hydrogens is 471 g/mol. The topological polar surface area (TPSA) is 117 Å².